The Hall–Kier alpha value is -2.75. The van der Waals surface area contributed by atoms with Gasteiger partial charge in [-0.15, -0.1) is 0 Å². The second kappa shape index (κ2) is 5.32. The van der Waals surface area contributed by atoms with Gasteiger partial charge in [-0.05, 0) is 47.5 Å². The lowest BCUT2D eigenvalue weighted by Gasteiger charge is -2.06. The van der Waals surface area contributed by atoms with E-state index in [0.29, 0.717) is 16.9 Å². The molecule has 4 heteroatoms. The molecule has 3 rings (SSSR count). The van der Waals surface area contributed by atoms with Gasteiger partial charge in [0.1, 0.15) is 11.6 Å². The fourth-order valence-corrected chi connectivity index (χ4v) is 2.16. The Bertz CT molecular complexity index is 745. The molecule has 1 aliphatic carbocycles. The predicted octanol–water partition coefficient (Wildman–Crippen LogP) is 3.18. The number of rotatable bonds is 3. The average molecular weight is 282 g/mol. The molecule has 2 aromatic carbocycles. The summed E-state index contributed by atoms with van der Waals surface area (Å²) in [6.45, 7) is 0. The Morgan fingerprint density at radius 1 is 1.05 bits per heavy atom. The van der Waals surface area contributed by atoms with E-state index in [2.05, 4.69) is 0 Å². The number of carbonyl (C=O) groups excluding carboxylic acids is 2. The van der Waals surface area contributed by atoms with Gasteiger partial charge in [0.15, 0.2) is 5.78 Å². The molecule has 0 N–H and O–H groups in total. The van der Waals surface area contributed by atoms with Crippen LogP contribution in [0.1, 0.15) is 21.5 Å². The molecule has 2 aromatic rings. The van der Waals surface area contributed by atoms with Gasteiger partial charge in [-0.1, -0.05) is 18.2 Å². The lowest BCUT2D eigenvalue weighted by Crippen LogP contribution is -2.11. The number of esters is 1. The topological polar surface area (TPSA) is 43.4 Å². The summed E-state index contributed by atoms with van der Waals surface area (Å²) in [6.07, 6.45) is 3.31. The van der Waals surface area contributed by atoms with Crippen molar-refractivity contribution in [3.8, 4) is 5.75 Å². The lowest BCUT2D eigenvalue weighted by atomic mass is 10.0. The van der Waals surface area contributed by atoms with Crippen LogP contribution in [0, 0.1) is 5.82 Å². The summed E-state index contributed by atoms with van der Waals surface area (Å²) in [5.74, 6) is -0.613. The Kier molecular flexibility index (Phi) is 3.36. The average Bonchev–Trinajstić information content (AvgIpc) is 2.83. The number of allylic oxidation sites excluding steroid dienone is 1. The van der Waals surface area contributed by atoms with E-state index in [1.807, 2.05) is 0 Å². The predicted molar refractivity (Wildman–Crippen MR) is 75.5 cm³/mol. The highest BCUT2D eigenvalue weighted by Crippen LogP contribution is 2.21. The van der Waals surface area contributed by atoms with Crippen LogP contribution in [-0.2, 0) is 11.2 Å². The van der Waals surface area contributed by atoms with Crippen molar-refractivity contribution in [2.24, 2.45) is 0 Å². The van der Waals surface area contributed by atoms with E-state index < -0.39 is 5.97 Å². The van der Waals surface area contributed by atoms with Gasteiger partial charge >= 0.3 is 5.97 Å². The summed E-state index contributed by atoms with van der Waals surface area (Å²) in [6, 6.07) is 10.5. The fraction of sp³-hybridized carbons (Fsp3) is 0.0588. The van der Waals surface area contributed by atoms with Crippen molar-refractivity contribution < 1.29 is 18.7 Å². The molecular formula is C17H11FO3. The molecule has 1 aliphatic rings. The highest BCUT2D eigenvalue weighted by Gasteiger charge is 2.15. The van der Waals surface area contributed by atoms with Crippen molar-refractivity contribution in [2.75, 3.05) is 0 Å². The molecule has 0 heterocycles. The number of hydrogen-bond acceptors (Lipinski definition) is 3. The Labute approximate surface area is 120 Å². The molecule has 104 valence electrons. The summed E-state index contributed by atoms with van der Waals surface area (Å²) in [5, 5.41) is 0. The van der Waals surface area contributed by atoms with Gasteiger partial charge in [-0.25, -0.2) is 4.39 Å². The highest BCUT2D eigenvalue weighted by molar-refractivity contribution is 6.13. The maximum absolute atomic E-state index is 12.8. The number of ketones is 1. The van der Waals surface area contributed by atoms with Gasteiger partial charge in [0.05, 0.1) is 6.42 Å². The van der Waals surface area contributed by atoms with Crippen LogP contribution in [0.15, 0.2) is 48.5 Å². The van der Waals surface area contributed by atoms with Crippen LogP contribution in [0.25, 0.3) is 6.08 Å². The second-order valence-electron chi connectivity index (χ2n) is 4.72. The maximum atomic E-state index is 12.8. The molecule has 0 spiro atoms. The first kappa shape index (κ1) is 13.2. The fourth-order valence-electron chi connectivity index (χ4n) is 2.16. The summed E-state index contributed by atoms with van der Waals surface area (Å²) >= 11 is 0. The van der Waals surface area contributed by atoms with Crippen molar-refractivity contribution >= 4 is 17.8 Å². The summed E-state index contributed by atoms with van der Waals surface area (Å²) < 4.78 is 17.9. The minimum atomic E-state index is -0.458. The number of halogens is 1. The van der Waals surface area contributed by atoms with E-state index in [0.717, 1.165) is 5.56 Å². The van der Waals surface area contributed by atoms with Crippen LogP contribution in [0.3, 0.4) is 0 Å². The minimum absolute atomic E-state index is 0.0535. The van der Waals surface area contributed by atoms with Crippen molar-refractivity contribution in [1.82, 2.24) is 0 Å². The Morgan fingerprint density at radius 2 is 1.81 bits per heavy atom. The maximum Gasteiger partial charge on any atom is 0.315 e. The second-order valence-corrected chi connectivity index (χ2v) is 4.72. The van der Waals surface area contributed by atoms with Gasteiger partial charge in [-0.2, -0.15) is 0 Å². The van der Waals surface area contributed by atoms with E-state index in [1.54, 1.807) is 24.3 Å². The quantitative estimate of drug-likeness (QED) is 0.641. The van der Waals surface area contributed by atoms with Crippen molar-refractivity contribution in [3.05, 3.63) is 71.0 Å². The van der Waals surface area contributed by atoms with E-state index in [1.165, 1.54) is 30.3 Å². The van der Waals surface area contributed by atoms with Crippen LogP contribution in [0.4, 0.5) is 4.39 Å². The molecule has 0 atom stereocenters. The first-order valence-electron chi connectivity index (χ1n) is 6.43. The number of fused-ring (bicyclic) bond motifs is 1. The molecular weight excluding hydrogens is 271 g/mol. The van der Waals surface area contributed by atoms with Crippen LogP contribution in [0.2, 0.25) is 0 Å². The normalized spacial score (nSPS) is 12.3. The van der Waals surface area contributed by atoms with Crippen LogP contribution in [0.5, 0.6) is 5.75 Å². The van der Waals surface area contributed by atoms with Gasteiger partial charge in [0.25, 0.3) is 0 Å². The van der Waals surface area contributed by atoms with Crippen molar-refractivity contribution in [1.29, 1.82) is 0 Å². The lowest BCUT2D eigenvalue weighted by molar-refractivity contribution is -0.133. The first-order chi connectivity index (χ1) is 10.1. The zero-order chi connectivity index (χ0) is 14.8. The first-order valence-corrected chi connectivity index (χ1v) is 6.43. The molecule has 0 radical (unpaired) electrons. The zero-order valence-electron chi connectivity index (χ0n) is 11.0. The molecule has 0 saturated carbocycles. The zero-order valence-corrected chi connectivity index (χ0v) is 11.0. The molecule has 0 aliphatic heterocycles. The van der Waals surface area contributed by atoms with Crippen molar-refractivity contribution in [2.45, 2.75) is 6.42 Å². The summed E-state index contributed by atoms with van der Waals surface area (Å²) in [7, 11) is 0. The van der Waals surface area contributed by atoms with E-state index in [9.17, 15) is 14.0 Å². The summed E-state index contributed by atoms with van der Waals surface area (Å²) in [4.78, 5) is 23.4. The third-order valence-corrected chi connectivity index (χ3v) is 3.19. The Morgan fingerprint density at radius 3 is 2.57 bits per heavy atom. The smallest absolute Gasteiger partial charge is 0.315 e. The van der Waals surface area contributed by atoms with Gasteiger partial charge in [0, 0.05) is 5.56 Å². The largest absolute Gasteiger partial charge is 0.426 e. The van der Waals surface area contributed by atoms with E-state index in [-0.39, 0.29) is 18.0 Å². The van der Waals surface area contributed by atoms with E-state index in [4.69, 9.17) is 4.74 Å². The molecule has 3 nitrogen and oxygen atoms in total. The van der Waals surface area contributed by atoms with E-state index >= 15 is 0 Å². The number of hydrogen-bond donors (Lipinski definition) is 0. The van der Waals surface area contributed by atoms with Gasteiger partial charge < -0.3 is 4.74 Å². The monoisotopic (exact) mass is 282 g/mol. The third kappa shape index (κ3) is 2.89. The SMILES string of the molecule is O=C(Cc1ccc2c(c1)C(=O)C=C2)Oc1ccc(F)cc1. The molecule has 21 heavy (non-hydrogen) atoms. The number of ether oxygens (including phenoxy) is 1. The van der Waals surface area contributed by atoms with Crippen molar-refractivity contribution in [3.63, 3.8) is 0 Å². The highest BCUT2D eigenvalue weighted by atomic mass is 19.1. The van der Waals surface area contributed by atoms with Crippen LogP contribution < -0.4 is 4.74 Å². The van der Waals surface area contributed by atoms with Gasteiger partial charge in [-0.3, -0.25) is 9.59 Å². The molecule has 0 fully saturated rings. The number of carbonyl (C=O) groups is 2. The van der Waals surface area contributed by atoms with Crippen LogP contribution >= 0.6 is 0 Å². The molecule has 0 aromatic heterocycles. The molecule has 0 saturated heterocycles. The van der Waals surface area contributed by atoms with Crippen LogP contribution in [-0.4, -0.2) is 11.8 Å². The number of benzene rings is 2. The Balaban J connectivity index is 1.69. The molecule has 0 bridgehead atoms. The standard InChI is InChI=1S/C17H11FO3/c18-13-4-6-14(7-5-13)21-17(20)10-11-1-2-12-3-8-16(19)15(12)9-11/h1-9H,10H2. The third-order valence-electron chi connectivity index (χ3n) is 3.19. The minimum Gasteiger partial charge on any atom is -0.426 e. The molecule has 0 unspecified atom stereocenters. The molecule has 0 amide bonds. The van der Waals surface area contributed by atoms with Gasteiger partial charge in [0.2, 0.25) is 0 Å². The summed E-state index contributed by atoms with van der Waals surface area (Å²) in [5.41, 5.74) is 2.16.